The number of hydrogen-bond donors (Lipinski definition) is 0. The molecular weight excluding hydrogens is 603 g/mol. The highest BCUT2D eigenvalue weighted by Crippen LogP contribution is 2.43. The average molecular weight is 653 g/mol. The van der Waals surface area contributed by atoms with Crippen molar-refractivity contribution in [2.24, 2.45) is 0 Å². The van der Waals surface area contributed by atoms with Gasteiger partial charge in [-0.2, -0.15) is 0 Å². The zero-order valence-electron chi connectivity index (χ0n) is 29.4. The number of rotatable bonds is 8. The molecule has 1 saturated heterocycles. The molecule has 0 N–H and O–H groups in total. The van der Waals surface area contributed by atoms with Crippen LogP contribution in [0.2, 0.25) is 0 Å². The van der Waals surface area contributed by atoms with Crippen molar-refractivity contribution in [1.82, 2.24) is 9.88 Å². The molecule has 0 bridgehead atoms. The Morgan fingerprint density at radius 2 is 1.77 bits per heavy atom. The Labute approximate surface area is 277 Å². The Bertz CT molecular complexity index is 1520. The van der Waals surface area contributed by atoms with Gasteiger partial charge in [0.2, 0.25) is 0 Å². The first-order valence-electron chi connectivity index (χ1n) is 16.2. The number of halogens is 1. The third-order valence-corrected chi connectivity index (χ3v) is 8.05. The van der Waals surface area contributed by atoms with E-state index in [2.05, 4.69) is 13.8 Å². The predicted octanol–water partition coefficient (Wildman–Crippen LogP) is 6.85. The summed E-state index contributed by atoms with van der Waals surface area (Å²) < 4.78 is 37.2. The van der Waals surface area contributed by atoms with Crippen molar-refractivity contribution in [3.63, 3.8) is 0 Å². The number of fused-ring (bicyclic) bond motifs is 1. The van der Waals surface area contributed by atoms with E-state index < -0.39 is 28.9 Å². The summed E-state index contributed by atoms with van der Waals surface area (Å²) in [6, 6.07) is 6.33. The molecule has 3 heterocycles. The van der Waals surface area contributed by atoms with Crippen LogP contribution in [0.4, 0.5) is 4.39 Å². The van der Waals surface area contributed by atoms with Gasteiger partial charge in [0, 0.05) is 43.0 Å². The lowest BCUT2D eigenvalue weighted by atomic mass is 9.77. The normalized spacial score (nSPS) is 20.6. The Hall–Kier alpha value is -3.63. The van der Waals surface area contributed by atoms with Crippen LogP contribution in [-0.4, -0.2) is 64.5 Å². The zero-order chi connectivity index (χ0) is 34.9. The fourth-order valence-electron chi connectivity index (χ4n) is 6.32. The van der Waals surface area contributed by atoms with E-state index in [0.29, 0.717) is 13.0 Å². The van der Waals surface area contributed by atoms with Gasteiger partial charge in [-0.3, -0.25) is 19.4 Å². The van der Waals surface area contributed by atoms with Gasteiger partial charge in [0.1, 0.15) is 11.4 Å². The molecule has 0 spiro atoms. The van der Waals surface area contributed by atoms with E-state index in [-0.39, 0.29) is 49.3 Å². The van der Waals surface area contributed by atoms with E-state index in [9.17, 15) is 18.8 Å². The molecule has 9 nitrogen and oxygen atoms in total. The summed E-state index contributed by atoms with van der Waals surface area (Å²) >= 11 is 0. The van der Waals surface area contributed by atoms with Gasteiger partial charge in [-0.15, -0.1) is 0 Å². The Balaban J connectivity index is 1.81. The quantitative estimate of drug-likeness (QED) is 0.285. The zero-order valence-corrected chi connectivity index (χ0v) is 29.4. The van der Waals surface area contributed by atoms with E-state index in [0.717, 1.165) is 33.6 Å². The topological polar surface area (TPSA) is 104 Å². The number of carbonyl (C=O) groups is 3. The fraction of sp³-hybridized carbons (Fsp3) is 0.568. The fourth-order valence-corrected chi connectivity index (χ4v) is 6.32. The molecular formula is C37H49FN2O7. The van der Waals surface area contributed by atoms with Gasteiger partial charge in [0.25, 0.3) is 5.91 Å². The molecule has 2 aliphatic rings. The van der Waals surface area contributed by atoms with E-state index in [1.165, 1.54) is 19.1 Å². The van der Waals surface area contributed by atoms with Crippen LogP contribution in [0.25, 0.3) is 17.2 Å². The molecule has 4 rings (SSSR count). The van der Waals surface area contributed by atoms with E-state index in [1.54, 1.807) is 17.0 Å². The highest BCUT2D eigenvalue weighted by molar-refractivity contribution is 5.84. The number of hydrogen-bond acceptors (Lipinski definition) is 8. The second kappa shape index (κ2) is 13.8. The third-order valence-electron chi connectivity index (χ3n) is 8.05. The van der Waals surface area contributed by atoms with Crippen LogP contribution >= 0.6 is 0 Å². The first-order valence-corrected chi connectivity index (χ1v) is 16.2. The second-order valence-corrected chi connectivity index (χ2v) is 14.9. The van der Waals surface area contributed by atoms with Gasteiger partial charge in [-0.1, -0.05) is 52.0 Å². The van der Waals surface area contributed by atoms with Crippen molar-refractivity contribution in [2.45, 2.75) is 124 Å². The van der Waals surface area contributed by atoms with Crippen molar-refractivity contribution < 1.29 is 37.7 Å². The van der Waals surface area contributed by atoms with Gasteiger partial charge >= 0.3 is 11.9 Å². The molecule has 2 aliphatic heterocycles. The van der Waals surface area contributed by atoms with Crippen molar-refractivity contribution >= 4 is 23.9 Å². The number of ether oxygens (including phenoxy) is 4. The van der Waals surface area contributed by atoms with E-state index in [1.807, 2.05) is 60.6 Å². The second-order valence-electron chi connectivity index (χ2n) is 14.9. The summed E-state index contributed by atoms with van der Waals surface area (Å²) in [5.74, 6) is -2.43. The molecule has 0 saturated carbocycles. The molecule has 47 heavy (non-hydrogen) atoms. The van der Waals surface area contributed by atoms with Crippen molar-refractivity contribution in [3.05, 3.63) is 58.7 Å². The molecule has 0 aliphatic carbocycles. The lowest BCUT2D eigenvalue weighted by molar-refractivity contribution is -0.290. The third kappa shape index (κ3) is 9.26. The molecule has 10 heteroatoms. The van der Waals surface area contributed by atoms with Crippen LogP contribution in [-0.2, 0) is 45.3 Å². The number of benzene rings is 1. The molecule has 0 radical (unpaired) electrons. The summed E-state index contributed by atoms with van der Waals surface area (Å²) in [5.41, 5.74) is 3.94. The molecule has 1 fully saturated rings. The minimum atomic E-state index is -0.943. The SMILES string of the molecule is CC(=O)OCC(=O)N1Cc2c(nc(C(C)C)c(C=C[C@@H]3C[C@H](CC(=O)OC(C)(C)C)OC(C)(C)O3)c2-c2ccc(F)cc2)C(C)(C)C1. The molecule has 256 valence electrons. The van der Waals surface area contributed by atoms with Gasteiger partial charge in [0.05, 0.1) is 30.0 Å². The lowest BCUT2D eigenvalue weighted by Crippen LogP contribution is -2.47. The monoisotopic (exact) mass is 652 g/mol. The van der Waals surface area contributed by atoms with Crippen LogP contribution in [0, 0.1) is 5.82 Å². The number of amides is 1. The Morgan fingerprint density at radius 3 is 2.36 bits per heavy atom. The van der Waals surface area contributed by atoms with Gasteiger partial charge in [-0.05, 0) is 63.8 Å². The molecule has 1 amide bonds. The van der Waals surface area contributed by atoms with Crippen LogP contribution < -0.4 is 0 Å². The van der Waals surface area contributed by atoms with Crippen molar-refractivity contribution in [1.29, 1.82) is 0 Å². The maximum absolute atomic E-state index is 14.2. The molecule has 0 unspecified atom stereocenters. The van der Waals surface area contributed by atoms with Crippen LogP contribution in [0.1, 0.15) is 111 Å². The smallest absolute Gasteiger partial charge is 0.308 e. The summed E-state index contributed by atoms with van der Waals surface area (Å²) in [6.07, 6.45) is 3.69. The van der Waals surface area contributed by atoms with Crippen molar-refractivity contribution in [2.75, 3.05) is 13.2 Å². The van der Waals surface area contributed by atoms with Gasteiger partial charge in [0.15, 0.2) is 12.4 Å². The summed E-state index contributed by atoms with van der Waals surface area (Å²) in [4.78, 5) is 44.3. The molecule has 1 aromatic carbocycles. The summed E-state index contributed by atoms with van der Waals surface area (Å²) in [6.45, 7) is 19.0. The van der Waals surface area contributed by atoms with Crippen LogP contribution in [0.5, 0.6) is 0 Å². The average Bonchev–Trinajstić information content (AvgIpc) is 2.92. The summed E-state index contributed by atoms with van der Waals surface area (Å²) in [7, 11) is 0. The maximum atomic E-state index is 14.2. The molecule has 2 atom stereocenters. The van der Waals surface area contributed by atoms with E-state index >= 15 is 0 Å². The molecule has 2 aromatic rings. The minimum Gasteiger partial charge on any atom is -0.460 e. The first-order chi connectivity index (χ1) is 21.7. The number of pyridine rings is 1. The minimum absolute atomic E-state index is 0.0329. The highest BCUT2D eigenvalue weighted by Gasteiger charge is 2.39. The van der Waals surface area contributed by atoms with Crippen LogP contribution in [0.15, 0.2) is 30.3 Å². The number of esters is 2. The lowest BCUT2D eigenvalue weighted by Gasteiger charge is -2.41. The standard InChI is InChI=1S/C37H49FN2O7/c1-22(2)33-28(16-15-26-17-27(46-37(9,10)45-26)18-31(43)47-35(4,5)6)32(24-11-13-25(38)14-12-24)29-19-40(30(42)20-44-23(3)41)21-36(7,8)34(29)39-33/h11-16,22,26-27H,17-21H2,1-10H3/t26-,27-/m1/s1. The predicted molar refractivity (Wildman–Crippen MR) is 177 cm³/mol. The van der Waals surface area contributed by atoms with Crippen LogP contribution in [0.3, 0.4) is 0 Å². The summed E-state index contributed by atoms with van der Waals surface area (Å²) in [5, 5.41) is 0. The highest BCUT2D eigenvalue weighted by atomic mass is 19.1. The Kier molecular flexibility index (Phi) is 10.7. The van der Waals surface area contributed by atoms with Crippen molar-refractivity contribution in [3.8, 4) is 11.1 Å². The Morgan fingerprint density at radius 1 is 1.11 bits per heavy atom. The number of nitrogens with zero attached hydrogens (tertiary/aromatic N) is 2. The maximum Gasteiger partial charge on any atom is 0.308 e. The number of aromatic nitrogens is 1. The van der Waals surface area contributed by atoms with Gasteiger partial charge in [-0.25, -0.2) is 4.39 Å². The van der Waals surface area contributed by atoms with E-state index in [4.69, 9.17) is 23.9 Å². The van der Waals surface area contributed by atoms with Gasteiger partial charge < -0.3 is 23.8 Å². The number of carbonyl (C=O) groups excluding carboxylic acids is 3. The first kappa shape index (κ1) is 36.2. The largest absolute Gasteiger partial charge is 0.460 e. The molecule has 1 aromatic heterocycles.